The largest absolute Gasteiger partial charge is 2.00 e. The predicted molar refractivity (Wildman–Crippen MR) is 47.3 cm³/mol. The molecule has 2 rings (SSSR count). The maximum Gasteiger partial charge on any atom is 2.00 e. The smallest absolute Gasteiger partial charge is 1.00 e. The van der Waals surface area contributed by atoms with Gasteiger partial charge in [0, 0.05) is 0 Å². The molecule has 0 amide bonds. The molecule has 0 N–H and O–H groups in total. The van der Waals surface area contributed by atoms with Crippen LogP contribution in [-0.4, -0.2) is 23.1 Å². The van der Waals surface area contributed by atoms with E-state index in [9.17, 15) is 0 Å². The van der Waals surface area contributed by atoms with Gasteiger partial charge in [0.15, 0.2) is 0 Å². The van der Waals surface area contributed by atoms with Crippen molar-refractivity contribution < 1.29 is 17.0 Å². The normalized spacial score (nSPS) is 12.5. The van der Waals surface area contributed by atoms with E-state index >= 15 is 0 Å². The maximum absolute atomic E-state index is 3.33. The summed E-state index contributed by atoms with van der Waals surface area (Å²) < 4.78 is 0. The van der Waals surface area contributed by atoms with Gasteiger partial charge in [-0.05, 0) is 12.8 Å². The van der Waals surface area contributed by atoms with Crippen molar-refractivity contribution in [3.8, 4) is 0 Å². The Morgan fingerprint density at radius 1 is 1.00 bits per heavy atom. The van der Waals surface area contributed by atoms with Crippen LogP contribution in [0.25, 0.3) is 0 Å². The quantitative estimate of drug-likeness (QED) is 0.439. The second-order valence-electron chi connectivity index (χ2n) is 2.59. The van der Waals surface area contributed by atoms with Crippen LogP contribution >= 0.6 is 0 Å². The minimum absolute atomic E-state index is 0. The molecule has 0 unspecified atom stereocenters. The van der Waals surface area contributed by atoms with Gasteiger partial charge < -0.3 is 17.0 Å². The van der Waals surface area contributed by atoms with Crippen molar-refractivity contribution in [1.29, 1.82) is 0 Å². The summed E-state index contributed by atoms with van der Waals surface area (Å²) in [5, 5.41) is 0. The Balaban J connectivity index is 0.000000605. The molecule has 0 atom stereocenters. The summed E-state index contributed by atoms with van der Waals surface area (Å²) >= 11 is 0. The van der Waals surface area contributed by atoms with Crippen molar-refractivity contribution in [3.05, 3.63) is 47.5 Å². The molecule has 1 aromatic carbocycles. The Hall–Kier alpha value is 0.206. The molecule has 12 heavy (non-hydrogen) atoms. The summed E-state index contributed by atoms with van der Waals surface area (Å²) in [5.41, 5.74) is 2.68. The maximum atomic E-state index is 3.33. The summed E-state index contributed by atoms with van der Waals surface area (Å²) in [6.45, 7) is 0. The molecule has 1 fully saturated rings. The molecule has 0 aliphatic heterocycles. The van der Waals surface area contributed by atoms with E-state index in [1.807, 2.05) is 18.2 Å². The van der Waals surface area contributed by atoms with E-state index in [1.54, 1.807) is 0 Å². The van der Waals surface area contributed by atoms with Crippen LogP contribution in [0.3, 0.4) is 0 Å². The van der Waals surface area contributed by atoms with Gasteiger partial charge in [-0.1, -0.05) is 6.07 Å². The fraction of sp³-hybridized carbons (Fsp3) is 0.200. The number of hydrogen-bond acceptors (Lipinski definition) is 0. The van der Waals surface area contributed by atoms with Crippen LogP contribution in [0, 0.1) is 6.08 Å². The first-order valence-electron chi connectivity index (χ1n) is 3.62. The van der Waals surface area contributed by atoms with Gasteiger partial charge in [0.2, 0.25) is 0 Å². The van der Waals surface area contributed by atoms with Gasteiger partial charge in [-0.3, -0.25) is 0 Å². The average Bonchev–Trinajstić information content (AvgIpc) is 2.74. The van der Waals surface area contributed by atoms with Crippen molar-refractivity contribution in [2.45, 2.75) is 12.8 Å². The van der Waals surface area contributed by atoms with Crippen molar-refractivity contribution in [1.82, 2.24) is 0 Å². The predicted octanol–water partition coefficient (Wildman–Crippen LogP) is -0.819. The van der Waals surface area contributed by atoms with Crippen LogP contribution < -0.4 is 17.0 Å². The van der Waals surface area contributed by atoms with E-state index in [1.165, 1.54) is 24.0 Å². The van der Waals surface area contributed by atoms with E-state index in [-0.39, 0.29) is 40.0 Å². The summed E-state index contributed by atoms with van der Waals surface area (Å²) in [5.74, 6) is 0. The minimum atomic E-state index is 0. The van der Waals surface area contributed by atoms with Crippen LogP contribution in [0.5, 0.6) is 0 Å². The van der Waals surface area contributed by atoms with Crippen molar-refractivity contribution in [2.75, 3.05) is 0 Å². The molecule has 0 aromatic heterocycles. The first-order valence-corrected chi connectivity index (χ1v) is 3.62. The van der Waals surface area contributed by atoms with E-state index in [0.29, 0.717) is 0 Å². The summed E-state index contributed by atoms with van der Waals surface area (Å²) in [6, 6.07) is 10.3. The molecular weight excluding hydrogens is 224 g/mol. The first-order chi connectivity index (χ1) is 4.95. The standard InChI is InChI=1S/C10H9.BrH.Mg/c1-2-4-9(5-3-1)8-10-6-7-10;;/h1-5H,6-7H2;1H;/q-1;;+2/p-1. The molecule has 0 radical (unpaired) electrons. The monoisotopic (exact) mass is 232 g/mol. The molecule has 1 saturated carbocycles. The average molecular weight is 233 g/mol. The Morgan fingerprint density at radius 2 is 1.58 bits per heavy atom. The third-order valence-electron chi connectivity index (χ3n) is 1.59. The SMILES string of the molecule is [Br-].[C-](=C1CC1)c1ccccc1.[Mg+2]. The molecule has 0 spiro atoms. The number of hydrogen-bond donors (Lipinski definition) is 0. The summed E-state index contributed by atoms with van der Waals surface area (Å²) in [4.78, 5) is 0. The zero-order valence-corrected chi connectivity index (χ0v) is 9.89. The van der Waals surface area contributed by atoms with E-state index in [2.05, 4.69) is 18.2 Å². The van der Waals surface area contributed by atoms with Gasteiger partial charge in [0.1, 0.15) is 0 Å². The second kappa shape index (κ2) is 5.78. The summed E-state index contributed by atoms with van der Waals surface area (Å²) in [6.07, 6.45) is 5.85. The van der Waals surface area contributed by atoms with Crippen molar-refractivity contribution in [3.63, 3.8) is 0 Å². The van der Waals surface area contributed by atoms with Crippen LogP contribution in [0.1, 0.15) is 18.4 Å². The van der Waals surface area contributed by atoms with Gasteiger partial charge in [-0.25, -0.2) is 0 Å². The Bertz CT molecular complexity index is 248. The number of benzene rings is 1. The second-order valence-corrected chi connectivity index (χ2v) is 2.59. The molecule has 0 nitrogen and oxygen atoms in total. The van der Waals surface area contributed by atoms with Gasteiger partial charge in [-0.2, -0.15) is 23.8 Å². The Kier molecular flexibility index (Phi) is 5.88. The van der Waals surface area contributed by atoms with Crippen LogP contribution in [0.15, 0.2) is 35.9 Å². The molecule has 1 aliphatic carbocycles. The van der Waals surface area contributed by atoms with E-state index in [0.717, 1.165) is 0 Å². The molecule has 2 heteroatoms. The van der Waals surface area contributed by atoms with Gasteiger partial charge in [-0.15, -0.1) is 17.7 Å². The van der Waals surface area contributed by atoms with Crippen LogP contribution in [0.2, 0.25) is 0 Å². The molecule has 1 aliphatic rings. The zero-order chi connectivity index (χ0) is 6.81. The van der Waals surface area contributed by atoms with Gasteiger partial charge in [0.05, 0.1) is 0 Å². The third-order valence-corrected chi connectivity index (χ3v) is 1.59. The topological polar surface area (TPSA) is 0 Å². The minimum Gasteiger partial charge on any atom is -1.00 e. The molecule has 1 aromatic rings. The Labute approximate surface area is 100.0 Å². The third kappa shape index (κ3) is 3.74. The number of rotatable bonds is 1. The fourth-order valence-corrected chi connectivity index (χ4v) is 0.913. The molecular formula is C10H9BrMg. The van der Waals surface area contributed by atoms with E-state index in [4.69, 9.17) is 0 Å². The fourth-order valence-electron chi connectivity index (χ4n) is 0.913. The zero-order valence-electron chi connectivity index (χ0n) is 6.89. The number of allylic oxidation sites excluding steroid dienone is 1. The van der Waals surface area contributed by atoms with Crippen molar-refractivity contribution >= 4 is 23.1 Å². The molecule has 58 valence electrons. The first kappa shape index (κ1) is 12.2. The van der Waals surface area contributed by atoms with Gasteiger partial charge in [0.25, 0.3) is 0 Å². The van der Waals surface area contributed by atoms with Crippen LogP contribution in [0.4, 0.5) is 0 Å². The number of halogens is 1. The molecule has 0 saturated heterocycles. The van der Waals surface area contributed by atoms with E-state index < -0.39 is 0 Å². The Morgan fingerprint density at radius 3 is 2.08 bits per heavy atom. The molecule has 0 heterocycles. The van der Waals surface area contributed by atoms with Crippen molar-refractivity contribution in [2.24, 2.45) is 0 Å². The summed E-state index contributed by atoms with van der Waals surface area (Å²) in [7, 11) is 0. The van der Waals surface area contributed by atoms with Gasteiger partial charge >= 0.3 is 23.1 Å². The molecule has 0 bridgehead atoms. The van der Waals surface area contributed by atoms with Crippen LogP contribution in [-0.2, 0) is 0 Å².